The summed E-state index contributed by atoms with van der Waals surface area (Å²) in [4.78, 5) is 48.6. The lowest BCUT2D eigenvalue weighted by atomic mass is 9.90. The number of pyridine rings is 1. The Labute approximate surface area is 210 Å². The van der Waals surface area contributed by atoms with Crippen molar-refractivity contribution in [2.24, 2.45) is 0 Å². The van der Waals surface area contributed by atoms with Crippen LogP contribution in [0.1, 0.15) is 53.0 Å². The number of benzene rings is 1. The first kappa shape index (κ1) is 24.8. The molecule has 2 amide bonds. The van der Waals surface area contributed by atoms with Crippen LogP contribution in [0.25, 0.3) is 11.0 Å². The summed E-state index contributed by atoms with van der Waals surface area (Å²) in [6, 6.07) is 6.38. The predicted molar refractivity (Wildman–Crippen MR) is 129 cm³/mol. The van der Waals surface area contributed by atoms with E-state index in [2.05, 4.69) is 25.3 Å². The minimum atomic E-state index is -0.724. The lowest BCUT2D eigenvalue weighted by Crippen LogP contribution is -2.43. The van der Waals surface area contributed by atoms with E-state index in [0.717, 1.165) is 5.01 Å². The zero-order chi connectivity index (χ0) is 26.1. The lowest BCUT2D eigenvalue weighted by Gasteiger charge is -2.32. The van der Waals surface area contributed by atoms with Gasteiger partial charge in [0, 0.05) is 17.7 Å². The summed E-state index contributed by atoms with van der Waals surface area (Å²) >= 11 is 0. The zero-order valence-corrected chi connectivity index (χ0v) is 20.2. The quantitative estimate of drug-likeness (QED) is 0.487. The maximum atomic E-state index is 15.1. The predicted octanol–water partition coefficient (Wildman–Crippen LogP) is 2.64. The first-order valence-electron chi connectivity index (χ1n) is 12.2. The number of H-pyrrole nitrogens is 1. The molecule has 0 bridgehead atoms. The number of carbonyl (C=O) groups is 2. The number of carbonyl (C=O) groups excluding carboxylic acids is 2. The van der Waals surface area contributed by atoms with E-state index in [1.807, 2.05) is 6.92 Å². The SMILES string of the molecule is CCc1nc2ccc(CN3CCC(c4ccc(C(=O)NN5CCOC5=O)nc4F)CC3)c(F)c2[nH]c1=O. The number of nitrogens with zero attached hydrogens (tertiary/aromatic N) is 4. The van der Waals surface area contributed by atoms with Crippen molar-refractivity contribution in [2.45, 2.75) is 38.6 Å². The first-order chi connectivity index (χ1) is 17.8. The van der Waals surface area contributed by atoms with Crippen LogP contribution >= 0.6 is 0 Å². The van der Waals surface area contributed by atoms with Crippen molar-refractivity contribution in [3.63, 3.8) is 0 Å². The average Bonchev–Trinajstić information content (AvgIpc) is 3.30. The molecule has 0 aliphatic carbocycles. The summed E-state index contributed by atoms with van der Waals surface area (Å²) in [6.45, 7) is 3.78. The van der Waals surface area contributed by atoms with E-state index in [9.17, 15) is 18.8 Å². The Bertz CT molecular complexity index is 1420. The molecule has 2 aliphatic heterocycles. The smallest absolute Gasteiger partial charge is 0.428 e. The van der Waals surface area contributed by atoms with Crippen molar-refractivity contribution in [2.75, 3.05) is 26.2 Å². The Morgan fingerprint density at radius 1 is 1.14 bits per heavy atom. The molecule has 5 rings (SSSR count). The molecule has 12 heteroatoms. The Balaban J connectivity index is 1.22. The highest BCUT2D eigenvalue weighted by atomic mass is 19.1. The Kier molecular flexibility index (Phi) is 6.83. The second kappa shape index (κ2) is 10.2. The van der Waals surface area contributed by atoms with Gasteiger partial charge in [-0.2, -0.15) is 4.39 Å². The van der Waals surface area contributed by atoms with Gasteiger partial charge in [0.05, 0.1) is 12.1 Å². The van der Waals surface area contributed by atoms with Crippen LogP contribution in [0, 0.1) is 11.8 Å². The van der Waals surface area contributed by atoms with Gasteiger partial charge >= 0.3 is 6.09 Å². The highest BCUT2D eigenvalue weighted by Crippen LogP contribution is 2.30. The number of ether oxygens (including phenoxy) is 1. The van der Waals surface area contributed by atoms with Crippen molar-refractivity contribution in [3.8, 4) is 0 Å². The number of hydrogen-bond donors (Lipinski definition) is 2. The number of fused-ring (bicyclic) bond motifs is 1. The van der Waals surface area contributed by atoms with Gasteiger partial charge in [-0.15, -0.1) is 0 Å². The summed E-state index contributed by atoms with van der Waals surface area (Å²) in [5.41, 5.74) is 3.60. The fourth-order valence-corrected chi connectivity index (χ4v) is 4.76. The van der Waals surface area contributed by atoms with Crippen molar-refractivity contribution in [1.82, 2.24) is 30.3 Å². The molecule has 10 nitrogen and oxygen atoms in total. The molecule has 1 aromatic carbocycles. The number of halogens is 2. The van der Waals surface area contributed by atoms with Gasteiger partial charge in [0.1, 0.15) is 23.5 Å². The van der Waals surface area contributed by atoms with Crippen LogP contribution < -0.4 is 11.0 Å². The lowest BCUT2D eigenvalue weighted by molar-refractivity contribution is 0.0825. The van der Waals surface area contributed by atoms with Crippen LogP contribution in [0.3, 0.4) is 0 Å². The Hall–Kier alpha value is -3.93. The van der Waals surface area contributed by atoms with E-state index < -0.39 is 23.8 Å². The van der Waals surface area contributed by atoms with Gasteiger partial charge in [0.15, 0.2) is 5.82 Å². The highest BCUT2D eigenvalue weighted by Gasteiger charge is 2.27. The fourth-order valence-electron chi connectivity index (χ4n) is 4.76. The second-order valence-corrected chi connectivity index (χ2v) is 9.13. The molecule has 2 saturated heterocycles. The molecule has 0 radical (unpaired) electrons. The molecular formula is C25H26F2N6O4. The number of nitrogens with one attached hydrogen (secondary N) is 2. The largest absolute Gasteiger partial charge is 0.446 e. The number of rotatable bonds is 6. The van der Waals surface area contributed by atoms with Crippen LogP contribution in [-0.4, -0.2) is 63.1 Å². The van der Waals surface area contributed by atoms with E-state index in [0.29, 0.717) is 61.2 Å². The number of piperidine rings is 1. The topological polar surface area (TPSA) is 121 Å². The molecule has 194 valence electrons. The molecule has 4 heterocycles. The number of hydrogen-bond acceptors (Lipinski definition) is 7. The average molecular weight is 513 g/mol. The summed E-state index contributed by atoms with van der Waals surface area (Å²) in [5.74, 6) is -2.00. The Morgan fingerprint density at radius 3 is 2.59 bits per heavy atom. The van der Waals surface area contributed by atoms with Gasteiger partial charge < -0.3 is 9.72 Å². The van der Waals surface area contributed by atoms with Gasteiger partial charge in [-0.1, -0.05) is 19.1 Å². The summed E-state index contributed by atoms with van der Waals surface area (Å²) in [5, 5.41) is 1.01. The molecule has 0 spiro atoms. The molecule has 0 unspecified atom stereocenters. The molecule has 0 atom stereocenters. The second-order valence-electron chi connectivity index (χ2n) is 9.13. The minimum Gasteiger partial charge on any atom is -0.446 e. The number of amides is 2. The van der Waals surface area contributed by atoms with Gasteiger partial charge in [-0.3, -0.25) is 19.9 Å². The van der Waals surface area contributed by atoms with Gasteiger partial charge in [-0.25, -0.2) is 24.2 Å². The van der Waals surface area contributed by atoms with Crippen LogP contribution in [0.4, 0.5) is 13.6 Å². The monoisotopic (exact) mass is 512 g/mol. The van der Waals surface area contributed by atoms with Crippen molar-refractivity contribution in [3.05, 3.63) is 68.9 Å². The number of aromatic nitrogens is 3. The molecule has 3 aromatic rings. The summed E-state index contributed by atoms with van der Waals surface area (Å²) < 4.78 is 34.7. The van der Waals surface area contributed by atoms with Crippen LogP contribution in [0.15, 0.2) is 29.1 Å². The highest BCUT2D eigenvalue weighted by molar-refractivity contribution is 5.93. The minimum absolute atomic E-state index is 0.0936. The molecule has 2 N–H and O–H groups in total. The summed E-state index contributed by atoms with van der Waals surface area (Å²) in [7, 11) is 0. The zero-order valence-electron chi connectivity index (χ0n) is 20.2. The van der Waals surface area contributed by atoms with Gasteiger partial charge in [-0.05, 0) is 50.4 Å². The molecule has 2 aromatic heterocycles. The van der Waals surface area contributed by atoms with Crippen LogP contribution in [-0.2, 0) is 17.7 Å². The number of aromatic amines is 1. The van der Waals surface area contributed by atoms with E-state index in [1.165, 1.54) is 6.07 Å². The third kappa shape index (κ3) is 5.01. The normalized spacial score (nSPS) is 16.8. The van der Waals surface area contributed by atoms with E-state index in [4.69, 9.17) is 4.74 Å². The molecule has 2 fully saturated rings. The number of hydrazine groups is 1. The van der Waals surface area contributed by atoms with Crippen molar-refractivity contribution in [1.29, 1.82) is 0 Å². The standard InChI is InChI=1S/C25H26F2N6O4/c1-2-17-23(34)30-21-18(28-17)5-3-15(20(21)26)13-32-9-7-14(8-10-32)16-4-6-19(29-22(16)27)24(35)31-33-11-12-37-25(33)36/h3-6,14H,2,7-13H2,1H3,(H,30,34)(H,31,35). The van der Waals surface area contributed by atoms with Crippen molar-refractivity contribution >= 4 is 23.0 Å². The third-order valence-electron chi connectivity index (χ3n) is 6.82. The van der Waals surface area contributed by atoms with Crippen LogP contribution in [0.5, 0.6) is 0 Å². The fraction of sp³-hybridized carbons (Fsp3) is 0.400. The number of cyclic esters (lactones) is 1. The van der Waals surface area contributed by atoms with E-state index in [1.54, 1.807) is 18.2 Å². The number of likely N-dealkylation sites (tertiary alicyclic amines) is 1. The van der Waals surface area contributed by atoms with Crippen LogP contribution in [0.2, 0.25) is 0 Å². The summed E-state index contributed by atoms with van der Waals surface area (Å²) in [6.07, 6.45) is 1.07. The van der Waals surface area contributed by atoms with Gasteiger partial charge in [0.2, 0.25) is 5.95 Å². The molecular weight excluding hydrogens is 486 g/mol. The molecule has 37 heavy (non-hydrogen) atoms. The maximum absolute atomic E-state index is 15.1. The van der Waals surface area contributed by atoms with E-state index in [-0.39, 0.29) is 35.8 Å². The van der Waals surface area contributed by atoms with Gasteiger partial charge in [0.25, 0.3) is 11.5 Å². The maximum Gasteiger partial charge on any atom is 0.428 e. The van der Waals surface area contributed by atoms with Crippen molar-refractivity contribution < 1.29 is 23.1 Å². The molecule has 0 saturated carbocycles. The molecule has 2 aliphatic rings. The Morgan fingerprint density at radius 2 is 1.92 bits per heavy atom. The number of aryl methyl sites for hydroxylation is 1. The van der Waals surface area contributed by atoms with E-state index >= 15 is 4.39 Å². The third-order valence-corrected chi connectivity index (χ3v) is 6.82. The first-order valence-corrected chi connectivity index (χ1v) is 12.2.